The van der Waals surface area contributed by atoms with Crippen molar-refractivity contribution in [2.24, 2.45) is 11.0 Å². The number of carbonyl (C=O) groups excluding carboxylic acids is 4. The maximum Gasteiger partial charge on any atom is 0.328 e. The highest BCUT2D eigenvalue weighted by Crippen LogP contribution is 2.45. The van der Waals surface area contributed by atoms with Crippen molar-refractivity contribution in [3.8, 4) is 5.69 Å². The van der Waals surface area contributed by atoms with Crippen molar-refractivity contribution in [2.75, 3.05) is 7.11 Å². The number of azide groups is 1. The molecule has 0 radical (unpaired) electrons. The molecule has 0 spiro atoms. The first-order chi connectivity index (χ1) is 18.1. The lowest BCUT2D eigenvalue weighted by molar-refractivity contribution is -0.147. The van der Waals surface area contributed by atoms with Gasteiger partial charge in [0.25, 0.3) is 0 Å². The Morgan fingerprint density at radius 3 is 2.50 bits per heavy atom. The number of nitrogens with one attached hydrogen (secondary N) is 3. The molecule has 1 aliphatic heterocycles. The molecule has 1 aromatic carbocycles. The molecule has 2 heterocycles. The van der Waals surface area contributed by atoms with E-state index in [-0.39, 0.29) is 18.2 Å². The van der Waals surface area contributed by atoms with Gasteiger partial charge in [0.2, 0.25) is 17.7 Å². The number of carbonyl (C=O) groups is 4. The van der Waals surface area contributed by atoms with Crippen LogP contribution in [0.2, 0.25) is 0 Å². The predicted octanol–water partition coefficient (Wildman–Crippen LogP) is 0.633. The molecule has 0 bridgehead atoms. The number of hydrogen-bond donors (Lipinski definition) is 3. The summed E-state index contributed by atoms with van der Waals surface area (Å²) >= 11 is 0. The normalized spacial score (nSPS) is 18.4. The summed E-state index contributed by atoms with van der Waals surface area (Å²) in [6.07, 6.45) is 0.375. The number of methoxy groups -OCH3 is 1. The molecule has 0 saturated carbocycles. The summed E-state index contributed by atoms with van der Waals surface area (Å²) in [6, 6.07) is 3.72. The monoisotopic (exact) mass is 526 g/mol. The third-order valence-electron chi connectivity index (χ3n) is 6.54. The van der Waals surface area contributed by atoms with Gasteiger partial charge in [-0.15, -0.1) is 5.10 Å². The zero-order chi connectivity index (χ0) is 28.0. The fraction of sp³-hybridized carbons (Fsp3) is 0.522. The van der Waals surface area contributed by atoms with Gasteiger partial charge in [-0.05, 0) is 46.9 Å². The molecule has 0 aliphatic carbocycles. The van der Waals surface area contributed by atoms with Gasteiger partial charge in [0.05, 0.1) is 12.8 Å². The second-order valence-corrected chi connectivity index (χ2v) is 9.06. The van der Waals surface area contributed by atoms with E-state index < -0.39 is 47.4 Å². The Morgan fingerprint density at radius 1 is 1.16 bits per heavy atom. The zero-order valence-electron chi connectivity index (χ0n) is 21.7. The van der Waals surface area contributed by atoms with E-state index >= 15 is 0 Å². The van der Waals surface area contributed by atoms with E-state index in [1.807, 2.05) is 6.92 Å². The molecule has 15 nitrogen and oxygen atoms in total. The lowest BCUT2D eigenvalue weighted by Gasteiger charge is -2.29. The van der Waals surface area contributed by atoms with Crippen LogP contribution >= 0.6 is 0 Å². The number of tetrazole rings is 1. The second-order valence-electron chi connectivity index (χ2n) is 9.06. The fourth-order valence-electron chi connectivity index (χ4n) is 4.36. The number of amides is 3. The van der Waals surface area contributed by atoms with Crippen molar-refractivity contribution in [1.82, 2.24) is 36.2 Å². The van der Waals surface area contributed by atoms with Gasteiger partial charge in [-0.1, -0.05) is 43.6 Å². The van der Waals surface area contributed by atoms with Crippen molar-refractivity contribution in [3.05, 3.63) is 46.1 Å². The summed E-state index contributed by atoms with van der Waals surface area (Å²) in [5, 5.41) is 23.4. The third-order valence-corrected chi connectivity index (χ3v) is 6.54. The molecule has 1 aliphatic rings. The molecule has 1 aromatic heterocycles. The minimum atomic E-state index is -1.52. The number of ether oxygens (including phenoxy) is 1. The molecule has 3 N–H and O–H groups in total. The van der Waals surface area contributed by atoms with Crippen molar-refractivity contribution >= 4 is 23.7 Å². The van der Waals surface area contributed by atoms with E-state index in [0.717, 1.165) is 0 Å². The van der Waals surface area contributed by atoms with Crippen LogP contribution in [0.4, 0.5) is 0 Å². The molecular formula is C23H30N10O5. The van der Waals surface area contributed by atoms with Gasteiger partial charge in [0.15, 0.2) is 5.82 Å². The largest absolute Gasteiger partial charge is 0.467 e. The summed E-state index contributed by atoms with van der Waals surface area (Å²) in [7, 11) is 1.23. The topological polar surface area (TPSA) is 206 Å². The van der Waals surface area contributed by atoms with Crippen LogP contribution in [-0.4, -0.2) is 69.1 Å². The Bertz CT molecular complexity index is 1270. The summed E-state index contributed by atoms with van der Waals surface area (Å²) in [6.45, 7) is 6.33. The van der Waals surface area contributed by atoms with Crippen molar-refractivity contribution in [3.63, 3.8) is 0 Å². The van der Waals surface area contributed by atoms with Crippen LogP contribution in [0.1, 0.15) is 51.9 Å². The van der Waals surface area contributed by atoms with Gasteiger partial charge in [-0.25, -0.2) is 4.79 Å². The highest BCUT2D eigenvalue weighted by molar-refractivity contribution is 5.93. The Morgan fingerprint density at radius 2 is 1.87 bits per heavy atom. The lowest BCUT2D eigenvalue weighted by atomic mass is 9.84. The summed E-state index contributed by atoms with van der Waals surface area (Å²) in [5.74, 6) is -2.48. The molecular weight excluding hydrogens is 496 g/mol. The third kappa shape index (κ3) is 5.42. The van der Waals surface area contributed by atoms with Crippen LogP contribution in [0.15, 0.2) is 29.4 Å². The number of rotatable bonds is 11. The van der Waals surface area contributed by atoms with Gasteiger partial charge in [0.1, 0.15) is 23.7 Å². The fourth-order valence-corrected chi connectivity index (χ4v) is 4.36. The first kappa shape index (κ1) is 28.1. The number of aromatic nitrogens is 4. The van der Waals surface area contributed by atoms with Crippen LogP contribution in [0.5, 0.6) is 0 Å². The van der Waals surface area contributed by atoms with Crippen molar-refractivity contribution in [1.29, 1.82) is 0 Å². The summed E-state index contributed by atoms with van der Waals surface area (Å²) in [5.41, 5.74) is 9.02. The number of fused-ring (bicyclic) bond motifs is 3. The van der Waals surface area contributed by atoms with Crippen LogP contribution in [0.25, 0.3) is 16.1 Å². The van der Waals surface area contributed by atoms with Gasteiger partial charge in [0, 0.05) is 11.8 Å². The average Bonchev–Trinajstić information content (AvgIpc) is 3.48. The maximum absolute atomic E-state index is 13.4. The standard InChI is InChI=1S/C23H30N10O5/c1-6-12(2)18(21(37)38-5)27-19(35)13(3)25-20(36)16(26-14(4)34)11-23(29-30-24)15-9-7-8-10-17(15)33-22(23)28-31-32-33/h7-10,12-13,16,18H,6,11H2,1-5H3,(H,25,36)(H,26,34)(H,27,35)/t12?,13-,16-,18-,23?/m0/s1. The minimum absolute atomic E-state index is 0.180. The minimum Gasteiger partial charge on any atom is -0.467 e. The maximum atomic E-state index is 13.4. The first-order valence-corrected chi connectivity index (χ1v) is 12.0. The number of benzene rings is 1. The molecule has 0 saturated heterocycles. The Hall–Kier alpha value is -4.52. The Labute approximate surface area is 218 Å². The van der Waals surface area contributed by atoms with Gasteiger partial charge < -0.3 is 20.7 Å². The number of para-hydroxylation sites is 1. The van der Waals surface area contributed by atoms with Crippen LogP contribution in [0, 0.1) is 5.92 Å². The predicted molar refractivity (Wildman–Crippen MR) is 132 cm³/mol. The van der Waals surface area contributed by atoms with Crippen molar-refractivity contribution < 1.29 is 23.9 Å². The van der Waals surface area contributed by atoms with Gasteiger partial charge in [-0.2, -0.15) is 4.68 Å². The molecule has 202 valence electrons. The Balaban J connectivity index is 1.87. The number of esters is 1. The highest BCUT2D eigenvalue weighted by atomic mass is 16.5. The van der Waals surface area contributed by atoms with E-state index in [9.17, 15) is 24.7 Å². The summed E-state index contributed by atoms with van der Waals surface area (Å²) < 4.78 is 6.20. The van der Waals surface area contributed by atoms with Gasteiger partial charge >= 0.3 is 5.97 Å². The van der Waals surface area contributed by atoms with Crippen LogP contribution in [0.3, 0.4) is 0 Å². The first-order valence-electron chi connectivity index (χ1n) is 12.0. The molecule has 2 aromatic rings. The Kier molecular flexibility index (Phi) is 8.63. The number of hydrogen-bond acceptors (Lipinski definition) is 9. The zero-order valence-corrected chi connectivity index (χ0v) is 21.7. The highest BCUT2D eigenvalue weighted by Gasteiger charge is 2.49. The smallest absolute Gasteiger partial charge is 0.328 e. The summed E-state index contributed by atoms with van der Waals surface area (Å²) in [4.78, 5) is 53.4. The molecule has 5 atom stereocenters. The molecule has 3 rings (SSSR count). The molecule has 2 unspecified atom stereocenters. The van der Waals surface area contributed by atoms with E-state index in [1.54, 1.807) is 31.2 Å². The van der Waals surface area contributed by atoms with E-state index in [0.29, 0.717) is 17.7 Å². The molecule has 0 fully saturated rings. The molecule has 3 amide bonds. The lowest BCUT2D eigenvalue weighted by Crippen LogP contribution is -2.56. The SMILES string of the molecule is CCC(C)[C@H](NC(=O)[C@H](C)NC(=O)[C@H](CC1(N=[N+]=[N-])c2ccccc2-n2nnnc21)NC(C)=O)C(=O)OC. The van der Waals surface area contributed by atoms with Crippen LogP contribution < -0.4 is 16.0 Å². The average molecular weight is 527 g/mol. The number of nitrogens with zero attached hydrogens (tertiary/aromatic N) is 7. The molecule has 38 heavy (non-hydrogen) atoms. The van der Waals surface area contributed by atoms with Crippen molar-refractivity contribution in [2.45, 2.75) is 64.2 Å². The van der Waals surface area contributed by atoms with E-state index in [4.69, 9.17) is 4.74 Å². The van der Waals surface area contributed by atoms with Crippen LogP contribution in [-0.2, 0) is 29.5 Å². The van der Waals surface area contributed by atoms with E-state index in [2.05, 4.69) is 41.5 Å². The second kappa shape index (κ2) is 11.7. The van der Waals surface area contributed by atoms with E-state index in [1.165, 1.54) is 25.6 Å². The molecule has 15 heteroatoms. The van der Waals surface area contributed by atoms with Gasteiger partial charge in [-0.3, -0.25) is 14.4 Å². The quantitative estimate of drug-likeness (QED) is 0.163.